The minimum Gasteiger partial charge on any atom is -0.468 e. The van der Waals surface area contributed by atoms with E-state index in [0.29, 0.717) is 0 Å². The molecule has 1 heterocycles. The standard InChI is InChI=1S/C11H14N2O2/c1-3-6-12-11(14)8-13-9(2)10-5-4-7-15-10/h1,4-5,7,9,13H,6,8H2,2H3,(H,12,14)/t9-/m0/s1. The van der Waals surface area contributed by atoms with Gasteiger partial charge in [-0.3, -0.25) is 10.1 Å². The van der Waals surface area contributed by atoms with Crippen molar-refractivity contribution in [2.45, 2.75) is 13.0 Å². The van der Waals surface area contributed by atoms with Gasteiger partial charge in [0.25, 0.3) is 0 Å². The maximum Gasteiger partial charge on any atom is 0.234 e. The van der Waals surface area contributed by atoms with Crippen molar-refractivity contribution >= 4 is 5.91 Å². The van der Waals surface area contributed by atoms with Crippen LogP contribution in [0.4, 0.5) is 0 Å². The maximum absolute atomic E-state index is 11.2. The summed E-state index contributed by atoms with van der Waals surface area (Å²) in [6, 6.07) is 3.68. The van der Waals surface area contributed by atoms with Crippen LogP contribution in [0, 0.1) is 12.3 Å². The van der Waals surface area contributed by atoms with Crippen molar-refractivity contribution in [3.63, 3.8) is 0 Å². The van der Waals surface area contributed by atoms with Crippen molar-refractivity contribution in [3.05, 3.63) is 24.2 Å². The molecule has 4 nitrogen and oxygen atoms in total. The Morgan fingerprint density at radius 2 is 2.53 bits per heavy atom. The Kier molecular flexibility index (Phi) is 4.45. The van der Waals surface area contributed by atoms with Gasteiger partial charge in [0, 0.05) is 0 Å². The summed E-state index contributed by atoms with van der Waals surface area (Å²) in [6.45, 7) is 2.41. The Hall–Kier alpha value is -1.73. The number of carbonyl (C=O) groups is 1. The van der Waals surface area contributed by atoms with Crippen molar-refractivity contribution in [2.75, 3.05) is 13.1 Å². The highest BCUT2D eigenvalue weighted by Gasteiger charge is 2.08. The van der Waals surface area contributed by atoms with Crippen LogP contribution in [0.3, 0.4) is 0 Å². The highest BCUT2D eigenvalue weighted by atomic mass is 16.3. The minimum atomic E-state index is -0.119. The number of terminal acetylenes is 1. The molecule has 4 heteroatoms. The fourth-order valence-electron chi connectivity index (χ4n) is 1.10. The van der Waals surface area contributed by atoms with Gasteiger partial charge in [-0.2, -0.15) is 0 Å². The predicted octanol–water partition coefficient (Wildman–Crippen LogP) is 0.680. The number of furan rings is 1. The Morgan fingerprint density at radius 1 is 1.73 bits per heavy atom. The molecule has 0 aliphatic heterocycles. The van der Waals surface area contributed by atoms with E-state index in [9.17, 15) is 4.79 Å². The van der Waals surface area contributed by atoms with E-state index in [1.54, 1.807) is 6.26 Å². The molecule has 0 radical (unpaired) electrons. The molecule has 1 atom stereocenters. The van der Waals surface area contributed by atoms with Crippen LogP contribution in [-0.2, 0) is 4.79 Å². The SMILES string of the molecule is C#CCNC(=O)CN[C@@H](C)c1ccco1. The molecule has 0 spiro atoms. The third kappa shape index (κ3) is 3.88. The number of rotatable bonds is 5. The van der Waals surface area contributed by atoms with Crippen LogP contribution in [0.15, 0.2) is 22.8 Å². The van der Waals surface area contributed by atoms with Crippen LogP contribution in [0.2, 0.25) is 0 Å². The van der Waals surface area contributed by atoms with Crippen LogP contribution < -0.4 is 10.6 Å². The highest BCUT2D eigenvalue weighted by Crippen LogP contribution is 2.11. The molecule has 0 bridgehead atoms. The monoisotopic (exact) mass is 206 g/mol. The molecule has 80 valence electrons. The summed E-state index contributed by atoms with van der Waals surface area (Å²) in [5.41, 5.74) is 0. The molecule has 1 amide bonds. The van der Waals surface area contributed by atoms with Crippen molar-refractivity contribution in [2.24, 2.45) is 0 Å². The first kappa shape index (κ1) is 11.3. The highest BCUT2D eigenvalue weighted by molar-refractivity contribution is 5.78. The summed E-state index contributed by atoms with van der Waals surface area (Å²) in [4.78, 5) is 11.2. The van der Waals surface area contributed by atoms with Crippen molar-refractivity contribution < 1.29 is 9.21 Å². The summed E-state index contributed by atoms with van der Waals surface area (Å²) < 4.78 is 5.18. The van der Waals surface area contributed by atoms with E-state index >= 15 is 0 Å². The lowest BCUT2D eigenvalue weighted by Gasteiger charge is -2.10. The fourth-order valence-corrected chi connectivity index (χ4v) is 1.10. The summed E-state index contributed by atoms with van der Waals surface area (Å²) in [5.74, 6) is 3.02. The topological polar surface area (TPSA) is 54.3 Å². The second-order valence-corrected chi connectivity index (χ2v) is 3.10. The Morgan fingerprint density at radius 3 is 3.13 bits per heavy atom. The van der Waals surface area contributed by atoms with Gasteiger partial charge in [-0.15, -0.1) is 6.42 Å². The van der Waals surface area contributed by atoms with Crippen LogP contribution in [0.5, 0.6) is 0 Å². The van der Waals surface area contributed by atoms with Crippen molar-refractivity contribution in [1.82, 2.24) is 10.6 Å². The molecule has 0 unspecified atom stereocenters. The van der Waals surface area contributed by atoms with E-state index in [4.69, 9.17) is 10.8 Å². The molecular weight excluding hydrogens is 192 g/mol. The van der Waals surface area contributed by atoms with E-state index in [1.165, 1.54) is 0 Å². The molecular formula is C11H14N2O2. The van der Waals surface area contributed by atoms with E-state index in [-0.39, 0.29) is 25.0 Å². The number of hydrogen-bond donors (Lipinski definition) is 2. The molecule has 0 saturated carbocycles. The Labute approximate surface area is 89.0 Å². The van der Waals surface area contributed by atoms with Gasteiger partial charge in [0.15, 0.2) is 0 Å². The molecule has 0 saturated heterocycles. The summed E-state index contributed by atoms with van der Waals surface area (Å²) >= 11 is 0. The van der Waals surface area contributed by atoms with Gasteiger partial charge in [0.2, 0.25) is 5.91 Å². The fraction of sp³-hybridized carbons (Fsp3) is 0.364. The average molecular weight is 206 g/mol. The van der Waals surface area contributed by atoms with Crippen LogP contribution >= 0.6 is 0 Å². The molecule has 0 aliphatic carbocycles. The molecule has 1 rings (SSSR count). The van der Waals surface area contributed by atoms with Gasteiger partial charge in [0.1, 0.15) is 5.76 Å². The Balaban J connectivity index is 2.26. The van der Waals surface area contributed by atoms with E-state index in [0.717, 1.165) is 5.76 Å². The summed E-state index contributed by atoms with van der Waals surface area (Å²) in [5, 5.41) is 5.58. The zero-order valence-electron chi connectivity index (χ0n) is 8.62. The summed E-state index contributed by atoms with van der Waals surface area (Å²) in [6.07, 6.45) is 6.61. The van der Waals surface area contributed by atoms with Crippen LogP contribution in [0.25, 0.3) is 0 Å². The van der Waals surface area contributed by atoms with Gasteiger partial charge in [-0.05, 0) is 19.1 Å². The minimum absolute atomic E-state index is 0.0107. The molecule has 15 heavy (non-hydrogen) atoms. The largest absolute Gasteiger partial charge is 0.468 e. The first-order valence-electron chi connectivity index (χ1n) is 4.71. The van der Waals surface area contributed by atoms with E-state index in [1.807, 2.05) is 19.1 Å². The number of nitrogens with one attached hydrogen (secondary N) is 2. The van der Waals surface area contributed by atoms with Gasteiger partial charge in [-0.1, -0.05) is 5.92 Å². The zero-order valence-corrected chi connectivity index (χ0v) is 8.62. The first-order chi connectivity index (χ1) is 7.24. The van der Waals surface area contributed by atoms with Crippen molar-refractivity contribution in [1.29, 1.82) is 0 Å². The zero-order chi connectivity index (χ0) is 11.1. The normalized spacial score (nSPS) is 11.7. The molecule has 1 aromatic heterocycles. The smallest absolute Gasteiger partial charge is 0.234 e. The number of hydrogen-bond acceptors (Lipinski definition) is 3. The second kappa shape index (κ2) is 5.89. The average Bonchev–Trinajstić information content (AvgIpc) is 2.76. The molecule has 2 N–H and O–H groups in total. The Bertz CT molecular complexity index is 338. The van der Waals surface area contributed by atoms with E-state index < -0.39 is 0 Å². The molecule has 0 aliphatic rings. The van der Waals surface area contributed by atoms with Gasteiger partial charge in [-0.25, -0.2) is 0 Å². The third-order valence-electron chi connectivity index (χ3n) is 1.93. The quantitative estimate of drug-likeness (QED) is 0.696. The second-order valence-electron chi connectivity index (χ2n) is 3.10. The van der Waals surface area contributed by atoms with Gasteiger partial charge >= 0.3 is 0 Å². The molecule has 0 aromatic carbocycles. The lowest BCUT2D eigenvalue weighted by molar-refractivity contribution is -0.120. The third-order valence-corrected chi connectivity index (χ3v) is 1.93. The van der Waals surface area contributed by atoms with Crippen molar-refractivity contribution in [3.8, 4) is 12.3 Å². The van der Waals surface area contributed by atoms with Gasteiger partial charge < -0.3 is 9.73 Å². The van der Waals surface area contributed by atoms with E-state index in [2.05, 4.69) is 16.6 Å². The number of amides is 1. The maximum atomic E-state index is 11.2. The van der Waals surface area contributed by atoms with Crippen LogP contribution in [0.1, 0.15) is 18.7 Å². The predicted molar refractivity (Wildman–Crippen MR) is 57.0 cm³/mol. The first-order valence-corrected chi connectivity index (χ1v) is 4.71. The molecule has 0 fully saturated rings. The number of carbonyl (C=O) groups excluding carboxylic acids is 1. The van der Waals surface area contributed by atoms with Crippen LogP contribution in [-0.4, -0.2) is 19.0 Å². The van der Waals surface area contributed by atoms with Gasteiger partial charge in [0.05, 0.1) is 25.4 Å². The lowest BCUT2D eigenvalue weighted by atomic mass is 10.2. The summed E-state index contributed by atoms with van der Waals surface area (Å²) in [7, 11) is 0. The lowest BCUT2D eigenvalue weighted by Crippen LogP contribution is -2.35. The molecule has 1 aromatic rings.